The fourth-order valence-electron chi connectivity index (χ4n) is 2.54. The van der Waals surface area contributed by atoms with Gasteiger partial charge in [0, 0.05) is 25.3 Å². The number of thioether (sulfide) groups is 1. The molecule has 1 aliphatic rings. The zero-order chi connectivity index (χ0) is 16.8. The first-order chi connectivity index (χ1) is 11.1. The van der Waals surface area contributed by atoms with Crippen LogP contribution in [-0.4, -0.2) is 48.8 Å². The molecule has 1 aliphatic heterocycles. The maximum Gasteiger partial charge on any atom is 0.243 e. The highest BCUT2D eigenvalue weighted by Gasteiger charge is 2.42. The van der Waals surface area contributed by atoms with Crippen LogP contribution in [0.1, 0.15) is 24.8 Å². The van der Waals surface area contributed by atoms with Crippen molar-refractivity contribution in [3.05, 3.63) is 35.9 Å². The van der Waals surface area contributed by atoms with E-state index in [1.54, 1.807) is 23.8 Å². The summed E-state index contributed by atoms with van der Waals surface area (Å²) in [5.74, 6) is 0.364. The van der Waals surface area contributed by atoms with Crippen molar-refractivity contribution >= 4 is 23.6 Å². The number of rotatable bonds is 6. The van der Waals surface area contributed by atoms with Gasteiger partial charge in [0.05, 0.1) is 6.61 Å². The Hall–Kier alpha value is -1.53. The van der Waals surface area contributed by atoms with Gasteiger partial charge in [0.1, 0.15) is 11.4 Å². The summed E-state index contributed by atoms with van der Waals surface area (Å²) >= 11 is 1.64. The SMILES string of the molecule is COCCNC(=O)[C@H]1CS[C@@H](c2ccccc2)N1C(=O)C(C)C. The molecule has 0 spiro atoms. The average Bonchev–Trinajstić information content (AvgIpc) is 2.99. The number of nitrogens with zero attached hydrogens (tertiary/aromatic N) is 1. The highest BCUT2D eigenvalue weighted by atomic mass is 32.2. The Balaban J connectivity index is 2.19. The van der Waals surface area contributed by atoms with E-state index in [1.165, 1.54) is 0 Å². The largest absolute Gasteiger partial charge is 0.383 e. The first-order valence-corrected chi connectivity index (χ1v) is 8.86. The maximum atomic E-state index is 12.7. The second-order valence-electron chi connectivity index (χ2n) is 5.80. The molecule has 0 saturated carbocycles. The Morgan fingerprint density at radius 2 is 2.04 bits per heavy atom. The molecule has 1 aromatic carbocycles. The Morgan fingerprint density at radius 3 is 2.65 bits per heavy atom. The predicted molar refractivity (Wildman–Crippen MR) is 92.0 cm³/mol. The molecule has 1 saturated heterocycles. The number of hydrogen-bond donors (Lipinski definition) is 1. The summed E-state index contributed by atoms with van der Waals surface area (Å²) in [6.45, 7) is 4.66. The monoisotopic (exact) mass is 336 g/mol. The highest BCUT2D eigenvalue weighted by Crippen LogP contribution is 2.42. The molecule has 1 N–H and O–H groups in total. The molecule has 6 heteroatoms. The van der Waals surface area contributed by atoms with E-state index in [4.69, 9.17) is 4.74 Å². The Kier molecular flexibility index (Phi) is 6.47. The van der Waals surface area contributed by atoms with E-state index >= 15 is 0 Å². The Bertz CT molecular complexity index is 536. The van der Waals surface area contributed by atoms with Crippen LogP contribution in [0.15, 0.2) is 30.3 Å². The molecule has 0 aliphatic carbocycles. The summed E-state index contributed by atoms with van der Waals surface area (Å²) in [5, 5.41) is 2.74. The molecule has 1 aromatic rings. The minimum absolute atomic E-state index is 0.00995. The normalized spacial score (nSPS) is 20.8. The summed E-state index contributed by atoms with van der Waals surface area (Å²) < 4.78 is 4.96. The smallest absolute Gasteiger partial charge is 0.243 e. The molecular weight excluding hydrogens is 312 g/mol. The van der Waals surface area contributed by atoms with Crippen LogP contribution in [0, 0.1) is 5.92 Å². The Morgan fingerprint density at radius 1 is 1.35 bits per heavy atom. The number of amides is 2. The van der Waals surface area contributed by atoms with Gasteiger partial charge in [0.25, 0.3) is 0 Å². The van der Waals surface area contributed by atoms with Crippen molar-refractivity contribution in [3.8, 4) is 0 Å². The van der Waals surface area contributed by atoms with Crippen LogP contribution in [0.4, 0.5) is 0 Å². The number of nitrogens with one attached hydrogen (secondary N) is 1. The standard InChI is InChI=1S/C17H24N2O3S/c1-12(2)16(21)19-14(15(20)18-9-10-22-3)11-23-17(19)13-7-5-4-6-8-13/h4-8,12,14,17H,9-11H2,1-3H3,(H,18,20)/t14-,17+/m1/s1. The molecule has 0 unspecified atom stereocenters. The van der Waals surface area contributed by atoms with E-state index in [1.807, 2.05) is 44.2 Å². The van der Waals surface area contributed by atoms with Crippen LogP contribution in [0.3, 0.4) is 0 Å². The zero-order valence-corrected chi connectivity index (χ0v) is 14.6. The maximum absolute atomic E-state index is 12.7. The van der Waals surface area contributed by atoms with Gasteiger partial charge in [-0.05, 0) is 5.56 Å². The van der Waals surface area contributed by atoms with Crippen LogP contribution in [0.2, 0.25) is 0 Å². The third-order valence-corrected chi connectivity index (χ3v) is 5.06. The van der Waals surface area contributed by atoms with Gasteiger partial charge in [0.2, 0.25) is 11.8 Å². The van der Waals surface area contributed by atoms with Crippen molar-refractivity contribution in [1.29, 1.82) is 0 Å². The van der Waals surface area contributed by atoms with Gasteiger partial charge in [0.15, 0.2) is 0 Å². The molecule has 0 radical (unpaired) electrons. The van der Waals surface area contributed by atoms with Crippen molar-refractivity contribution < 1.29 is 14.3 Å². The molecule has 5 nitrogen and oxygen atoms in total. The molecule has 2 atom stereocenters. The van der Waals surface area contributed by atoms with Gasteiger partial charge in [-0.3, -0.25) is 9.59 Å². The van der Waals surface area contributed by atoms with Gasteiger partial charge in [-0.15, -0.1) is 11.8 Å². The third kappa shape index (κ3) is 4.26. The van der Waals surface area contributed by atoms with Crippen molar-refractivity contribution in [2.45, 2.75) is 25.3 Å². The topological polar surface area (TPSA) is 58.6 Å². The molecule has 1 fully saturated rings. The van der Waals surface area contributed by atoms with Crippen LogP contribution in [0.25, 0.3) is 0 Å². The van der Waals surface area contributed by atoms with Gasteiger partial charge in [-0.2, -0.15) is 0 Å². The summed E-state index contributed by atoms with van der Waals surface area (Å²) in [7, 11) is 1.59. The fourth-order valence-corrected chi connectivity index (χ4v) is 3.98. The second-order valence-corrected chi connectivity index (χ2v) is 6.91. The molecule has 0 aromatic heterocycles. The second kappa shape index (κ2) is 8.36. The molecule has 0 bridgehead atoms. The van der Waals surface area contributed by atoms with E-state index < -0.39 is 6.04 Å². The summed E-state index contributed by atoms with van der Waals surface area (Å²) in [6.07, 6.45) is 0. The predicted octanol–water partition coefficient (Wildman–Crippen LogP) is 2.05. The van der Waals surface area contributed by atoms with Crippen molar-refractivity contribution in [2.75, 3.05) is 26.0 Å². The van der Waals surface area contributed by atoms with Gasteiger partial charge >= 0.3 is 0 Å². The number of hydrogen-bond acceptors (Lipinski definition) is 4. The van der Waals surface area contributed by atoms with Crippen molar-refractivity contribution in [1.82, 2.24) is 10.2 Å². The van der Waals surface area contributed by atoms with E-state index in [0.717, 1.165) is 5.56 Å². The van der Waals surface area contributed by atoms with Crippen LogP contribution < -0.4 is 5.32 Å². The summed E-state index contributed by atoms with van der Waals surface area (Å²) in [6, 6.07) is 9.44. The first kappa shape index (κ1) is 17.8. The van der Waals surface area contributed by atoms with Crippen LogP contribution >= 0.6 is 11.8 Å². The number of methoxy groups -OCH3 is 1. The first-order valence-electron chi connectivity index (χ1n) is 7.81. The van der Waals surface area contributed by atoms with Crippen LogP contribution in [0.5, 0.6) is 0 Å². The molecule has 126 valence electrons. The molecule has 2 rings (SSSR count). The lowest BCUT2D eigenvalue weighted by Crippen LogP contribution is -2.49. The van der Waals surface area contributed by atoms with Crippen molar-refractivity contribution in [2.24, 2.45) is 5.92 Å². The van der Waals surface area contributed by atoms with Gasteiger partial charge < -0.3 is 15.0 Å². The van der Waals surface area contributed by atoms with E-state index in [-0.39, 0.29) is 23.1 Å². The van der Waals surface area contributed by atoms with Crippen molar-refractivity contribution in [3.63, 3.8) is 0 Å². The summed E-state index contributed by atoms with van der Waals surface area (Å²) in [5.41, 5.74) is 1.05. The van der Waals surface area contributed by atoms with Gasteiger partial charge in [-0.1, -0.05) is 44.2 Å². The number of carbonyl (C=O) groups excluding carboxylic acids is 2. The minimum atomic E-state index is -0.433. The fraction of sp³-hybridized carbons (Fsp3) is 0.529. The lowest BCUT2D eigenvalue weighted by molar-refractivity contribution is -0.142. The summed E-state index contributed by atoms with van der Waals surface area (Å²) in [4.78, 5) is 26.9. The molecular formula is C17H24N2O3S. The Labute approximate surface area is 141 Å². The average molecular weight is 336 g/mol. The third-order valence-electron chi connectivity index (χ3n) is 3.74. The van der Waals surface area contributed by atoms with E-state index in [9.17, 15) is 9.59 Å². The molecule has 2 amide bonds. The molecule has 23 heavy (non-hydrogen) atoms. The quantitative estimate of drug-likeness (QED) is 0.808. The van der Waals surface area contributed by atoms with Gasteiger partial charge in [-0.25, -0.2) is 0 Å². The minimum Gasteiger partial charge on any atom is -0.383 e. The van der Waals surface area contributed by atoms with E-state index in [2.05, 4.69) is 5.32 Å². The molecule has 1 heterocycles. The lowest BCUT2D eigenvalue weighted by atomic mass is 10.1. The highest BCUT2D eigenvalue weighted by molar-refractivity contribution is 7.99. The number of carbonyl (C=O) groups is 2. The van der Waals surface area contributed by atoms with Crippen LogP contribution in [-0.2, 0) is 14.3 Å². The van der Waals surface area contributed by atoms with E-state index in [0.29, 0.717) is 18.9 Å². The number of ether oxygens (including phenoxy) is 1. The number of benzene rings is 1. The lowest BCUT2D eigenvalue weighted by Gasteiger charge is -2.30. The zero-order valence-electron chi connectivity index (χ0n) is 13.8.